The molecule has 6 nitrogen and oxygen atoms in total. The van der Waals surface area contributed by atoms with Gasteiger partial charge in [-0.05, 0) is 51.2 Å². The van der Waals surface area contributed by atoms with Crippen LogP contribution < -0.4 is 5.32 Å². The molecule has 1 aromatic rings. The Kier molecular flexibility index (Phi) is 7.10. The number of piperidine rings is 1. The molecule has 0 bridgehead atoms. The summed E-state index contributed by atoms with van der Waals surface area (Å²) in [6.45, 7) is 8.24. The number of urea groups is 1. The van der Waals surface area contributed by atoms with Crippen LogP contribution in [0.1, 0.15) is 24.0 Å². The van der Waals surface area contributed by atoms with Gasteiger partial charge in [0.25, 0.3) is 0 Å². The fourth-order valence-corrected chi connectivity index (χ4v) is 3.95. The van der Waals surface area contributed by atoms with Crippen molar-refractivity contribution in [3.8, 4) is 0 Å². The Bertz CT molecular complexity index is 606. The molecule has 0 atom stereocenters. The van der Waals surface area contributed by atoms with E-state index < -0.39 is 0 Å². The molecule has 2 fully saturated rings. The normalized spacial score (nSPS) is 20.6. The highest BCUT2D eigenvalue weighted by atomic mass is 16.2. The zero-order valence-corrected chi connectivity index (χ0v) is 17.2. The second-order valence-corrected chi connectivity index (χ2v) is 8.20. The summed E-state index contributed by atoms with van der Waals surface area (Å²) in [5, 5.41) is 3.10. The molecule has 1 N–H and O–H groups in total. The molecule has 1 aromatic carbocycles. The zero-order valence-electron chi connectivity index (χ0n) is 17.2. The summed E-state index contributed by atoms with van der Waals surface area (Å²) in [4.78, 5) is 21.6. The zero-order chi connectivity index (χ0) is 19.2. The van der Waals surface area contributed by atoms with Crippen LogP contribution in [0.2, 0.25) is 0 Å². The summed E-state index contributed by atoms with van der Waals surface area (Å²) in [5.74, 6) is 0. The van der Waals surface area contributed by atoms with Crippen molar-refractivity contribution in [3.63, 3.8) is 0 Å². The van der Waals surface area contributed by atoms with E-state index in [0.717, 1.165) is 58.7 Å². The SMILES string of the molecule is CN1CCC(N(C)C(=O)NCc2cccc(CN3CCN(C)CC3)c2)CC1. The van der Waals surface area contributed by atoms with Gasteiger partial charge < -0.3 is 20.0 Å². The molecule has 2 amide bonds. The Morgan fingerprint density at radius 1 is 1.04 bits per heavy atom. The van der Waals surface area contributed by atoms with Crippen molar-refractivity contribution in [3.05, 3.63) is 35.4 Å². The summed E-state index contributed by atoms with van der Waals surface area (Å²) in [7, 11) is 6.25. The van der Waals surface area contributed by atoms with Gasteiger partial charge in [0, 0.05) is 52.4 Å². The number of likely N-dealkylation sites (tertiary alicyclic amines) is 1. The molecule has 0 aromatic heterocycles. The standard InChI is InChI=1S/C21H35N5O/c1-23-9-7-20(8-10-23)25(3)21(27)22-16-18-5-4-6-19(15-18)17-26-13-11-24(2)12-14-26/h4-6,15,20H,7-14,16-17H2,1-3H3,(H,22,27). The average molecular weight is 374 g/mol. The van der Waals surface area contributed by atoms with Gasteiger partial charge >= 0.3 is 6.03 Å². The van der Waals surface area contributed by atoms with Crippen molar-refractivity contribution in [2.45, 2.75) is 32.0 Å². The van der Waals surface area contributed by atoms with E-state index in [1.165, 1.54) is 11.1 Å². The first-order valence-electron chi connectivity index (χ1n) is 10.2. The second-order valence-electron chi connectivity index (χ2n) is 8.20. The first-order chi connectivity index (χ1) is 13.0. The fraction of sp³-hybridized carbons (Fsp3) is 0.667. The highest BCUT2D eigenvalue weighted by molar-refractivity contribution is 5.74. The number of hydrogen-bond donors (Lipinski definition) is 1. The van der Waals surface area contributed by atoms with Gasteiger partial charge in [-0.1, -0.05) is 24.3 Å². The average Bonchev–Trinajstić information content (AvgIpc) is 2.68. The Balaban J connectivity index is 1.47. The van der Waals surface area contributed by atoms with Gasteiger partial charge in [-0.15, -0.1) is 0 Å². The maximum Gasteiger partial charge on any atom is 0.317 e. The Hall–Kier alpha value is -1.63. The molecule has 0 saturated carbocycles. The van der Waals surface area contributed by atoms with E-state index in [9.17, 15) is 4.79 Å². The number of rotatable bonds is 5. The minimum absolute atomic E-state index is 0.0361. The maximum absolute atomic E-state index is 12.5. The van der Waals surface area contributed by atoms with Gasteiger partial charge in [-0.3, -0.25) is 4.90 Å². The molecule has 0 unspecified atom stereocenters. The fourth-order valence-electron chi connectivity index (χ4n) is 3.95. The van der Waals surface area contributed by atoms with Crippen LogP contribution in [0, 0.1) is 0 Å². The van der Waals surface area contributed by atoms with Crippen molar-refractivity contribution in [2.24, 2.45) is 0 Å². The molecule has 2 saturated heterocycles. The predicted octanol–water partition coefficient (Wildman–Crippen LogP) is 1.67. The number of amides is 2. The van der Waals surface area contributed by atoms with Gasteiger partial charge in [0.2, 0.25) is 0 Å². The molecule has 2 heterocycles. The minimum Gasteiger partial charge on any atom is -0.334 e. The van der Waals surface area contributed by atoms with Crippen LogP contribution in [0.3, 0.4) is 0 Å². The van der Waals surface area contributed by atoms with E-state index in [1.54, 1.807) is 0 Å². The number of carbonyl (C=O) groups is 1. The van der Waals surface area contributed by atoms with Crippen molar-refractivity contribution in [1.29, 1.82) is 0 Å². The maximum atomic E-state index is 12.5. The first-order valence-corrected chi connectivity index (χ1v) is 10.2. The number of likely N-dealkylation sites (N-methyl/N-ethyl adjacent to an activating group) is 1. The van der Waals surface area contributed by atoms with E-state index >= 15 is 0 Å². The topological polar surface area (TPSA) is 42.1 Å². The van der Waals surface area contributed by atoms with Crippen LogP contribution in [0.25, 0.3) is 0 Å². The van der Waals surface area contributed by atoms with E-state index in [-0.39, 0.29) is 6.03 Å². The number of piperazine rings is 1. The summed E-state index contributed by atoms with van der Waals surface area (Å²) in [6.07, 6.45) is 2.11. The molecule has 0 aliphatic carbocycles. The first kappa shape index (κ1) is 20.1. The lowest BCUT2D eigenvalue weighted by Crippen LogP contribution is -2.48. The van der Waals surface area contributed by atoms with E-state index in [2.05, 4.69) is 58.4 Å². The third-order valence-electron chi connectivity index (χ3n) is 5.99. The van der Waals surface area contributed by atoms with Crippen molar-refractivity contribution in [2.75, 3.05) is 60.4 Å². The summed E-state index contributed by atoms with van der Waals surface area (Å²) in [5.41, 5.74) is 2.50. The van der Waals surface area contributed by atoms with Crippen LogP contribution in [0.5, 0.6) is 0 Å². The molecule has 150 valence electrons. The molecule has 6 heteroatoms. The van der Waals surface area contributed by atoms with E-state index in [0.29, 0.717) is 12.6 Å². The molecule has 2 aliphatic heterocycles. The minimum atomic E-state index is 0.0361. The van der Waals surface area contributed by atoms with Gasteiger partial charge in [0.1, 0.15) is 0 Å². The number of benzene rings is 1. The molecule has 2 aliphatic rings. The van der Waals surface area contributed by atoms with Crippen LogP contribution >= 0.6 is 0 Å². The van der Waals surface area contributed by atoms with Gasteiger partial charge in [0.05, 0.1) is 0 Å². The molecule has 3 rings (SSSR count). The predicted molar refractivity (Wildman–Crippen MR) is 110 cm³/mol. The second kappa shape index (κ2) is 9.53. The van der Waals surface area contributed by atoms with Gasteiger partial charge in [0.15, 0.2) is 0 Å². The summed E-state index contributed by atoms with van der Waals surface area (Å²) in [6, 6.07) is 9.01. The molecular formula is C21H35N5O. The third kappa shape index (κ3) is 5.92. The number of nitrogens with one attached hydrogen (secondary N) is 1. The van der Waals surface area contributed by atoms with Crippen LogP contribution in [0.15, 0.2) is 24.3 Å². The molecular weight excluding hydrogens is 338 g/mol. The number of nitrogens with zero attached hydrogens (tertiary/aromatic N) is 4. The van der Waals surface area contributed by atoms with E-state index in [1.807, 2.05) is 11.9 Å². The third-order valence-corrected chi connectivity index (χ3v) is 5.99. The number of carbonyl (C=O) groups excluding carboxylic acids is 1. The molecule has 0 radical (unpaired) electrons. The monoisotopic (exact) mass is 373 g/mol. The van der Waals surface area contributed by atoms with Crippen LogP contribution in [0.4, 0.5) is 4.79 Å². The van der Waals surface area contributed by atoms with Crippen molar-refractivity contribution < 1.29 is 4.79 Å². The smallest absolute Gasteiger partial charge is 0.317 e. The largest absolute Gasteiger partial charge is 0.334 e. The highest BCUT2D eigenvalue weighted by Gasteiger charge is 2.23. The van der Waals surface area contributed by atoms with Gasteiger partial charge in [-0.2, -0.15) is 0 Å². The lowest BCUT2D eigenvalue weighted by Gasteiger charge is -2.35. The van der Waals surface area contributed by atoms with Crippen LogP contribution in [-0.4, -0.2) is 92.1 Å². The molecule has 27 heavy (non-hydrogen) atoms. The Labute approximate surface area is 164 Å². The lowest BCUT2D eigenvalue weighted by molar-refractivity contribution is 0.147. The van der Waals surface area contributed by atoms with Gasteiger partial charge in [-0.25, -0.2) is 4.79 Å². The van der Waals surface area contributed by atoms with Crippen LogP contribution in [-0.2, 0) is 13.1 Å². The van der Waals surface area contributed by atoms with E-state index in [4.69, 9.17) is 0 Å². The Morgan fingerprint density at radius 2 is 1.67 bits per heavy atom. The lowest BCUT2D eigenvalue weighted by atomic mass is 10.0. The quantitative estimate of drug-likeness (QED) is 0.853. The highest BCUT2D eigenvalue weighted by Crippen LogP contribution is 2.15. The van der Waals surface area contributed by atoms with Crippen molar-refractivity contribution >= 4 is 6.03 Å². The van der Waals surface area contributed by atoms with Crippen molar-refractivity contribution in [1.82, 2.24) is 24.9 Å². The molecule has 0 spiro atoms. The summed E-state index contributed by atoms with van der Waals surface area (Å²) < 4.78 is 0. The Morgan fingerprint density at radius 3 is 2.37 bits per heavy atom. The number of hydrogen-bond acceptors (Lipinski definition) is 4. The summed E-state index contributed by atoms with van der Waals surface area (Å²) >= 11 is 0.